The molecule has 5 nitrogen and oxygen atoms in total. The minimum atomic E-state index is -4.69. The van der Waals surface area contributed by atoms with Gasteiger partial charge in [0.05, 0.1) is 7.11 Å². The average Bonchev–Trinajstić information content (AvgIpc) is 2.69. The number of amides is 1. The summed E-state index contributed by atoms with van der Waals surface area (Å²) in [5.74, 6) is 0.425. The maximum absolute atomic E-state index is 12.7. The molecular formula is C21H23F3N2O3. The van der Waals surface area contributed by atoms with Crippen molar-refractivity contribution in [2.24, 2.45) is 0 Å². The molecule has 1 fully saturated rings. The molecule has 0 spiro atoms. The van der Waals surface area contributed by atoms with Gasteiger partial charge in [0.1, 0.15) is 11.5 Å². The van der Waals surface area contributed by atoms with E-state index in [1.54, 1.807) is 36.3 Å². The smallest absolute Gasteiger partial charge is 0.496 e. The Hall–Kier alpha value is -2.74. The highest BCUT2D eigenvalue weighted by Gasteiger charge is 2.31. The minimum Gasteiger partial charge on any atom is -0.496 e. The molecule has 0 saturated carbocycles. The number of hydrogen-bond acceptors (Lipinski definition) is 4. The van der Waals surface area contributed by atoms with Crippen LogP contribution in [0, 0.1) is 6.92 Å². The van der Waals surface area contributed by atoms with Crippen LogP contribution in [0.1, 0.15) is 21.5 Å². The van der Waals surface area contributed by atoms with E-state index in [4.69, 9.17) is 4.74 Å². The van der Waals surface area contributed by atoms with Gasteiger partial charge < -0.3 is 14.4 Å². The van der Waals surface area contributed by atoms with Crippen LogP contribution in [0.3, 0.4) is 0 Å². The summed E-state index contributed by atoms with van der Waals surface area (Å²) >= 11 is 0. The van der Waals surface area contributed by atoms with E-state index in [0.717, 1.165) is 11.1 Å². The molecule has 3 rings (SSSR count). The van der Waals surface area contributed by atoms with Gasteiger partial charge >= 0.3 is 6.36 Å². The molecule has 0 unspecified atom stereocenters. The number of carbonyl (C=O) groups excluding carboxylic acids is 1. The molecule has 0 N–H and O–H groups in total. The van der Waals surface area contributed by atoms with E-state index >= 15 is 0 Å². The van der Waals surface area contributed by atoms with E-state index in [1.165, 1.54) is 12.1 Å². The first-order valence-corrected chi connectivity index (χ1v) is 9.26. The quantitative estimate of drug-likeness (QED) is 0.754. The van der Waals surface area contributed by atoms with Crippen LogP contribution in [-0.4, -0.2) is 55.4 Å². The van der Waals surface area contributed by atoms with Crippen molar-refractivity contribution in [3.8, 4) is 11.5 Å². The lowest BCUT2D eigenvalue weighted by Gasteiger charge is -2.35. The highest BCUT2D eigenvalue weighted by Crippen LogP contribution is 2.24. The summed E-state index contributed by atoms with van der Waals surface area (Å²) in [7, 11) is 1.58. The first kappa shape index (κ1) is 21.0. The van der Waals surface area contributed by atoms with Crippen LogP contribution in [0.25, 0.3) is 0 Å². The number of ether oxygens (including phenoxy) is 2. The number of aryl methyl sites for hydroxylation is 1. The summed E-state index contributed by atoms with van der Waals surface area (Å²) in [6.45, 7) is 5.08. The normalized spacial score (nSPS) is 15.3. The number of nitrogens with zero attached hydrogens (tertiary/aromatic N) is 2. The fraction of sp³-hybridized carbons (Fsp3) is 0.381. The molecule has 2 aromatic carbocycles. The van der Waals surface area contributed by atoms with Crippen molar-refractivity contribution in [3.05, 3.63) is 59.2 Å². The monoisotopic (exact) mass is 408 g/mol. The first-order chi connectivity index (χ1) is 13.7. The maximum atomic E-state index is 12.7. The number of methoxy groups -OCH3 is 1. The second kappa shape index (κ2) is 8.73. The summed E-state index contributed by atoms with van der Waals surface area (Å²) in [4.78, 5) is 16.7. The van der Waals surface area contributed by atoms with Crippen molar-refractivity contribution in [1.29, 1.82) is 0 Å². The Labute approximate surface area is 167 Å². The molecule has 1 aliphatic heterocycles. The van der Waals surface area contributed by atoms with Gasteiger partial charge in [-0.25, -0.2) is 0 Å². The summed E-state index contributed by atoms with van der Waals surface area (Å²) in [5.41, 5.74) is 2.46. The zero-order valence-corrected chi connectivity index (χ0v) is 16.3. The third-order valence-corrected chi connectivity index (χ3v) is 4.88. The van der Waals surface area contributed by atoms with Gasteiger partial charge in [-0.15, -0.1) is 13.2 Å². The summed E-state index contributed by atoms with van der Waals surface area (Å²) in [6.07, 6.45) is -4.69. The van der Waals surface area contributed by atoms with Gasteiger partial charge in [0.2, 0.25) is 0 Å². The van der Waals surface area contributed by atoms with E-state index in [2.05, 4.69) is 9.64 Å². The number of rotatable bonds is 5. The molecule has 29 heavy (non-hydrogen) atoms. The molecule has 0 aromatic heterocycles. The zero-order valence-electron chi connectivity index (χ0n) is 16.3. The van der Waals surface area contributed by atoms with Gasteiger partial charge in [-0.3, -0.25) is 9.69 Å². The van der Waals surface area contributed by atoms with Crippen molar-refractivity contribution in [2.75, 3.05) is 33.3 Å². The molecule has 1 aliphatic rings. The lowest BCUT2D eigenvalue weighted by molar-refractivity contribution is -0.274. The molecule has 8 heteroatoms. The van der Waals surface area contributed by atoms with Crippen molar-refractivity contribution in [2.45, 2.75) is 19.8 Å². The van der Waals surface area contributed by atoms with Gasteiger partial charge in [0.15, 0.2) is 0 Å². The first-order valence-electron chi connectivity index (χ1n) is 9.26. The molecule has 1 saturated heterocycles. The van der Waals surface area contributed by atoms with Gasteiger partial charge in [-0.1, -0.05) is 18.2 Å². The van der Waals surface area contributed by atoms with Gasteiger partial charge in [-0.05, 0) is 42.3 Å². The van der Waals surface area contributed by atoms with Crippen LogP contribution in [0.4, 0.5) is 13.2 Å². The Morgan fingerprint density at radius 2 is 1.69 bits per heavy atom. The van der Waals surface area contributed by atoms with Crippen molar-refractivity contribution >= 4 is 5.91 Å². The SMILES string of the molecule is COc1cc(C(=O)N2CCN(Cc3ccc(OC(F)(F)F)cc3)CC2)ccc1C. The van der Waals surface area contributed by atoms with Crippen LogP contribution in [0.15, 0.2) is 42.5 Å². The van der Waals surface area contributed by atoms with Crippen molar-refractivity contribution in [1.82, 2.24) is 9.80 Å². The summed E-state index contributed by atoms with van der Waals surface area (Å²) < 4.78 is 45.9. The van der Waals surface area contributed by atoms with Gasteiger partial charge in [-0.2, -0.15) is 0 Å². The number of alkyl halides is 3. The predicted molar refractivity (Wildman–Crippen MR) is 102 cm³/mol. The predicted octanol–water partition coefficient (Wildman–Crippen LogP) is 3.86. The fourth-order valence-corrected chi connectivity index (χ4v) is 3.30. The molecule has 0 aliphatic carbocycles. The highest BCUT2D eigenvalue weighted by molar-refractivity contribution is 5.94. The zero-order chi connectivity index (χ0) is 21.0. The Kier molecular flexibility index (Phi) is 6.32. The molecule has 0 bridgehead atoms. The Morgan fingerprint density at radius 1 is 1.03 bits per heavy atom. The fourth-order valence-electron chi connectivity index (χ4n) is 3.30. The van der Waals surface area contributed by atoms with E-state index < -0.39 is 6.36 Å². The van der Waals surface area contributed by atoms with E-state index in [-0.39, 0.29) is 11.7 Å². The number of carbonyl (C=O) groups is 1. The molecule has 2 aromatic rings. The molecule has 156 valence electrons. The molecule has 1 amide bonds. The lowest BCUT2D eigenvalue weighted by Crippen LogP contribution is -2.48. The molecule has 1 heterocycles. The van der Waals surface area contributed by atoms with Gasteiger partial charge in [0, 0.05) is 38.3 Å². The van der Waals surface area contributed by atoms with E-state index in [0.29, 0.717) is 44.0 Å². The van der Waals surface area contributed by atoms with Crippen LogP contribution in [0.5, 0.6) is 11.5 Å². The number of hydrogen-bond donors (Lipinski definition) is 0. The van der Waals surface area contributed by atoms with Crippen LogP contribution >= 0.6 is 0 Å². The summed E-state index contributed by atoms with van der Waals surface area (Å²) in [5, 5.41) is 0. The second-order valence-electron chi connectivity index (χ2n) is 6.94. The number of benzene rings is 2. The largest absolute Gasteiger partial charge is 0.573 e. The number of halogens is 3. The van der Waals surface area contributed by atoms with Gasteiger partial charge in [0.25, 0.3) is 5.91 Å². The third kappa shape index (κ3) is 5.63. The average molecular weight is 408 g/mol. The van der Waals surface area contributed by atoms with Crippen molar-refractivity contribution < 1.29 is 27.4 Å². The van der Waals surface area contributed by atoms with Crippen LogP contribution in [-0.2, 0) is 6.54 Å². The second-order valence-corrected chi connectivity index (χ2v) is 6.94. The highest BCUT2D eigenvalue weighted by atomic mass is 19.4. The Morgan fingerprint density at radius 3 is 2.28 bits per heavy atom. The molecule has 0 atom stereocenters. The van der Waals surface area contributed by atoms with Crippen LogP contribution < -0.4 is 9.47 Å². The van der Waals surface area contributed by atoms with E-state index in [9.17, 15) is 18.0 Å². The number of piperazine rings is 1. The Balaban J connectivity index is 1.53. The lowest BCUT2D eigenvalue weighted by atomic mass is 10.1. The topological polar surface area (TPSA) is 42.0 Å². The molecular weight excluding hydrogens is 385 g/mol. The minimum absolute atomic E-state index is 0.0309. The third-order valence-electron chi connectivity index (χ3n) is 4.88. The van der Waals surface area contributed by atoms with E-state index in [1.807, 2.05) is 13.0 Å². The summed E-state index contributed by atoms with van der Waals surface area (Å²) in [6, 6.07) is 11.3. The van der Waals surface area contributed by atoms with Crippen LogP contribution in [0.2, 0.25) is 0 Å². The maximum Gasteiger partial charge on any atom is 0.573 e. The van der Waals surface area contributed by atoms with Crippen molar-refractivity contribution in [3.63, 3.8) is 0 Å². The molecule has 0 radical (unpaired) electrons. The Bertz CT molecular complexity index is 845. The standard InChI is InChI=1S/C21H23F3N2O3/c1-15-3-6-17(13-19(15)28-2)20(27)26-11-9-25(10-12-26)14-16-4-7-18(8-5-16)29-21(22,23)24/h3-8,13H,9-12,14H2,1-2H3.